The van der Waals surface area contributed by atoms with Crippen molar-refractivity contribution in [2.24, 2.45) is 0 Å². The number of benzene rings is 2. The number of hydrogen-bond donors (Lipinski definition) is 2. The third kappa shape index (κ3) is 5.48. The Kier molecular flexibility index (Phi) is 6.96. The molecular weight excluding hydrogens is 431 g/mol. The largest absolute Gasteiger partial charge is 0.369 e. The van der Waals surface area contributed by atoms with Crippen molar-refractivity contribution in [1.82, 2.24) is 9.88 Å². The van der Waals surface area contributed by atoms with Crippen LogP contribution in [0.25, 0.3) is 10.9 Å². The van der Waals surface area contributed by atoms with Crippen molar-refractivity contribution in [2.75, 3.05) is 36.8 Å². The lowest BCUT2D eigenvalue weighted by Gasteiger charge is -2.26. The fraction of sp³-hybridized carbons (Fsp3) is 0.333. The minimum absolute atomic E-state index is 0.237. The maximum Gasteiger partial charge on any atom is 0.255 e. The molecule has 0 saturated carbocycles. The number of nitrogens with zero attached hydrogens (tertiary/aromatic N) is 2. The number of carbonyl (C=O) groups excluding carboxylic acids is 1. The van der Waals surface area contributed by atoms with E-state index in [1.54, 1.807) is 18.2 Å². The van der Waals surface area contributed by atoms with Crippen molar-refractivity contribution >= 4 is 51.5 Å². The zero-order chi connectivity index (χ0) is 21.8. The summed E-state index contributed by atoms with van der Waals surface area (Å²) in [7, 11) is 0. The SMILES string of the molecule is Cc1cc(NCCN2CCCCC2)nc2ccc(NC(=O)c3ccc(Cl)c(Cl)c3)cc12. The number of hydrogen-bond acceptors (Lipinski definition) is 4. The molecule has 1 aromatic heterocycles. The molecular formula is C24H26Cl2N4O. The van der Waals surface area contributed by atoms with Crippen LogP contribution in [0, 0.1) is 6.92 Å². The second kappa shape index (κ2) is 9.86. The van der Waals surface area contributed by atoms with Crippen molar-refractivity contribution in [1.29, 1.82) is 0 Å². The van der Waals surface area contributed by atoms with E-state index >= 15 is 0 Å². The predicted molar refractivity (Wildman–Crippen MR) is 130 cm³/mol. The van der Waals surface area contributed by atoms with Gasteiger partial charge in [0.1, 0.15) is 5.82 Å². The molecule has 1 fully saturated rings. The zero-order valence-corrected chi connectivity index (χ0v) is 19.1. The maximum absolute atomic E-state index is 12.6. The first-order valence-electron chi connectivity index (χ1n) is 10.6. The Morgan fingerprint density at radius 2 is 1.84 bits per heavy atom. The van der Waals surface area contributed by atoms with Crippen molar-refractivity contribution in [3.05, 3.63) is 63.6 Å². The number of fused-ring (bicyclic) bond motifs is 1. The number of aryl methyl sites for hydroxylation is 1. The van der Waals surface area contributed by atoms with Gasteiger partial charge in [0.2, 0.25) is 0 Å². The summed E-state index contributed by atoms with van der Waals surface area (Å²) < 4.78 is 0. The van der Waals surface area contributed by atoms with Gasteiger partial charge in [-0.25, -0.2) is 4.98 Å². The van der Waals surface area contributed by atoms with E-state index < -0.39 is 0 Å². The minimum Gasteiger partial charge on any atom is -0.369 e. The van der Waals surface area contributed by atoms with E-state index in [-0.39, 0.29) is 5.91 Å². The van der Waals surface area contributed by atoms with Gasteiger partial charge in [-0.05, 0) is 80.9 Å². The molecule has 0 spiro atoms. The Labute approximate surface area is 192 Å². The summed E-state index contributed by atoms with van der Waals surface area (Å²) >= 11 is 12.0. The quantitative estimate of drug-likeness (QED) is 0.477. The third-order valence-corrected chi connectivity index (χ3v) is 6.38. The van der Waals surface area contributed by atoms with Gasteiger partial charge in [-0.2, -0.15) is 0 Å². The van der Waals surface area contributed by atoms with Crippen LogP contribution in [0.4, 0.5) is 11.5 Å². The van der Waals surface area contributed by atoms with Crippen LogP contribution in [0.3, 0.4) is 0 Å². The highest BCUT2D eigenvalue weighted by atomic mass is 35.5. The number of piperidine rings is 1. The standard InChI is InChI=1S/C24H26Cl2N4O/c1-16-13-23(27-9-12-30-10-3-2-4-11-30)29-22-8-6-18(15-19(16)22)28-24(31)17-5-7-20(25)21(26)14-17/h5-8,13-15H,2-4,9-12H2,1H3,(H,27,29)(H,28,31). The number of anilines is 2. The highest BCUT2D eigenvalue weighted by molar-refractivity contribution is 6.42. The van der Waals surface area contributed by atoms with Crippen LogP contribution < -0.4 is 10.6 Å². The highest BCUT2D eigenvalue weighted by Crippen LogP contribution is 2.26. The van der Waals surface area contributed by atoms with Crippen LogP contribution in [-0.4, -0.2) is 42.0 Å². The molecule has 1 saturated heterocycles. The normalized spacial score (nSPS) is 14.5. The summed E-state index contributed by atoms with van der Waals surface area (Å²) in [5.74, 6) is 0.647. The minimum atomic E-state index is -0.237. The third-order valence-electron chi connectivity index (χ3n) is 5.64. The average molecular weight is 457 g/mol. The number of rotatable bonds is 6. The molecule has 162 valence electrons. The fourth-order valence-electron chi connectivity index (χ4n) is 3.93. The molecule has 1 aliphatic heterocycles. The Morgan fingerprint density at radius 3 is 2.61 bits per heavy atom. The molecule has 0 radical (unpaired) electrons. The van der Waals surface area contributed by atoms with E-state index in [1.807, 2.05) is 18.2 Å². The number of amides is 1. The number of halogens is 2. The molecule has 1 amide bonds. The van der Waals surface area contributed by atoms with Gasteiger partial charge in [-0.3, -0.25) is 4.79 Å². The Bertz CT molecular complexity index is 1100. The van der Waals surface area contributed by atoms with E-state index in [4.69, 9.17) is 28.2 Å². The molecule has 2 aromatic carbocycles. The number of pyridine rings is 1. The Hall–Kier alpha value is -2.34. The number of carbonyl (C=O) groups is 1. The van der Waals surface area contributed by atoms with Gasteiger partial charge in [0.05, 0.1) is 15.6 Å². The van der Waals surface area contributed by atoms with Gasteiger partial charge < -0.3 is 15.5 Å². The smallest absolute Gasteiger partial charge is 0.255 e. The van der Waals surface area contributed by atoms with Crippen molar-refractivity contribution in [3.8, 4) is 0 Å². The molecule has 2 N–H and O–H groups in total. The zero-order valence-electron chi connectivity index (χ0n) is 17.5. The van der Waals surface area contributed by atoms with Crippen LogP contribution in [-0.2, 0) is 0 Å². The molecule has 0 bridgehead atoms. The molecule has 2 heterocycles. The molecule has 1 aliphatic rings. The van der Waals surface area contributed by atoms with E-state index in [9.17, 15) is 4.79 Å². The second-order valence-corrected chi connectivity index (χ2v) is 8.78. The molecule has 0 atom stereocenters. The van der Waals surface area contributed by atoms with Gasteiger partial charge in [-0.15, -0.1) is 0 Å². The van der Waals surface area contributed by atoms with Crippen LogP contribution in [0.15, 0.2) is 42.5 Å². The van der Waals surface area contributed by atoms with Gasteiger partial charge >= 0.3 is 0 Å². The summed E-state index contributed by atoms with van der Waals surface area (Å²) in [6.07, 6.45) is 3.96. The molecule has 4 rings (SSSR count). The monoisotopic (exact) mass is 456 g/mol. The van der Waals surface area contributed by atoms with E-state index in [0.717, 1.165) is 35.4 Å². The lowest BCUT2D eigenvalue weighted by atomic mass is 10.1. The van der Waals surface area contributed by atoms with Crippen LogP contribution in [0.2, 0.25) is 10.0 Å². The van der Waals surface area contributed by atoms with Gasteiger partial charge in [0, 0.05) is 29.7 Å². The predicted octanol–water partition coefficient (Wildman–Crippen LogP) is 6.00. The summed E-state index contributed by atoms with van der Waals surface area (Å²) in [4.78, 5) is 19.8. The first-order chi connectivity index (χ1) is 15.0. The highest BCUT2D eigenvalue weighted by Gasteiger charge is 2.11. The number of nitrogens with one attached hydrogen (secondary N) is 2. The first-order valence-corrected chi connectivity index (χ1v) is 11.4. The maximum atomic E-state index is 12.6. The lowest BCUT2D eigenvalue weighted by molar-refractivity contribution is 0.102. The molecule has 0 aliphatic carbocycles. The lowest BCUT2D eigenvalue weighted by Crippen LogP contribution is -2.33. The fourth-order valence-corrected chi connectivity index (χ4v) is 4.23. The van der Waals surface area contributed by atoms with Gasteiger partial charge in [0.25, 0.3) is 5.91 Å². The van der Waals surface area contributed by atoms with Crippen molar-refractivity contribution < 1.29 is 4.79 Å². The summed E-state index contributed by atoms with van der Waals surface area (Å²) in [5.41, 5.74) is 3.17. The second-order valence-electron chi connectivity index (χ2n) is 7.97. The number of aromatic nitrogens is 1. The van der Waals surface area contributed by atoms with Crippen molar-refractivity contribution in [2.45, 2.75) is 26.2 Å². The molecule has 3 aromatic rings. The summed E-state index contributed by atoms with van der Waals surface area (Å²) in [5, 5.41) is 8.16. The summed E-state index contributed by atoms with van der Waals surface area (Å²) in [6, 6.07) is 12.6. The van der Waals surface area contributed by atoms with Crippen LogP contribution >= 0.6 is 23.2 Å². The van der Waals surface area contributed by atoms with Crippen LogP contribution in [0.1, 0.15) is 35.2 Å². The van der Waals surface area contributed by atoms with E-state index in [1.165, 1.54) is 32.4 Å². The average Bonchev–Trinajstić information content (AvgIpc) is 2.77. The van der Waals surface area contributed by atoms with E-state index in [2.05, 4.69) is 28.5 Å². The first kappa shape index (κ1) is 21.9. The van der Waals surface area contributed by atoms with E-state index in [0.29, 0.717) is 21.3 Å². The van der Waals surface area contributed by atoms with Gasteiger partial charge in [-0.1, -0.05) is 29.6 Å². The van der Waals surface area contributed by atoms with Gasteiger partial charge in [0.15, 0.2) is 0 Å². The molecule has 0 unspecified atom stereocenters. The van der Waals surface area contributed by atoms with Crippen molar-refractivity contribution in [3.63, 3.8) is 0 Å². The summed E-state index contributed by atoms with van der Waals surface area (Å²) in [6.45, 7) is 6.38. The topological polar surface area (TPSA) is 57.3 Å². The molecule has 5 nitrogen and oxygen atoms in total. The molecule has 7 heteroatoms. The Morgan fingerprint density at radius 1 is 1.03 bits per heavy atom. The molecule has 31 heavy (non-hydrogen) atoms. The Balaban J connectivity index is 1.43. The number of likely N-dealkylation sites (tertiary alicyclic amines) is 1. The van der Waals surface area contributed by atoms with Crippen LogP contribution in [0.5, 0.6) is 0 Å².